The summed E-state index contributed by atoms with van der Waals surface area (Å²) < 4.78 is 0. The number of amides is 1. The summed E-state index contributed by atoms with van der Waals surface area (Å²) in [6, 6.07) is 0.328. The van der Waals surface area contributed by atoms with Gasteiger partial charge in [-0.3, -0.25) is 4.79 Å². The summed E-state index contributed by atoms with van der Waals surface area (Å²) in [6.45, 7) is 1.84. The zero-order valence-electron chi connectivity index (χ0n) is 12.1. The van der Waals surface area contributed by atoms with Crippen molar-refractivity contribution >= 4 is 11.6 Å². The van der Waals surface area contributed by atoms with Crippen molar-refractivity contribution < 1.29 is 9.63 Å². The van der Waals surface area contributed by atoms with Crippen LogP contribution in [0.2, 0.25) is 0 Å². The lowest BCUT2D eigenvalue weighted by Crippen LogP contribution is -2.47. The van der Waals surface area contributed by atoms with Crippen LogP contribution in [0.15, 0.2) is 5.16 Å². The molecule has 5 heteroatoms. The summed E-state index contributed by atoms with van der Waals surface area (Å²) in [7, 11) is 0. The topological polar surface area (TPSA) is 62.7 Å². The maximum atomic E-state index is 12.3. The molecule has 0 aromatic carbocycles. The Morgan fingerprint density at radius 3 is 2.75 bits per heavy atom. The van der Waals surface area contributed by atoms with E-state index in [1.807, 2.05) is 0 Å². The second-order valence-electron chi connectivity index (χ2n) is 6.43. The first-order valence-electron chi connectivity index (χ1n) is 8.04. The van der Waals surface area contributed by atoms with E-state index < -0.39 is 0 Å². The third-order valence-corrected chi connectivity index (χ3v) is 4.72. The van der Waals surface area contributed by atoms with Crippen LogP contribution in [-0.4, -0.2) is 36.4 Å². The van der Waals surface area contributed by atoms with Crippen molar-refractivity contribution in [1.82, 2.24) is 10.6 Å². The molecule has 2 aliphatic heterocycles. The number of carbonyl (C=O) groups excluding carboxylic acids is 1. The summed E-state index contributed by atoms with van der Waals surface area (Å²) in [5, 5.41) is 10.6. The quantitative estimate of drug-likeness (QED) is 0.757. The molecule has 2 fully saturated rings. The molecule has 3 aliphatic rings. The van der Waals surface area contributed by atoms with Crippen molar-refractivity contribution in [2.75, 3.05) is 13.1 Å². The Morgan fingerprint density at radius 1 is 1.25 bits per heavy atom. The van der Waals surface area contributed by atoms with Gasteiger partial charge in [-0.2, -0.15) is 0 Å². The summed E-state index contributed by atoms with van der Waals surface area (Å²) in [6.07, 6.45) is 9.98. The van der Waals surface area contributed by atoms with E-state index in [4.69, 9.17) is 4.84 Å². The highest BCUT2D eigenvalue weighted by Gasteiger charge is 2.42. The fraction of sp³-hybridized carbons (Fsp3) is 0.867. The highest BCUT2D eigenvalue weighted by Crippen LogP contribution is 2.30. The molecule has 0 aromatic rings. The monoisotopic (exact) mass is 279 g/mol. The van der Waals surface area contributed by atoms with Gasteiger partial charge in [0.15, 0.2) is 5.60 Å². The van der Waals surface area contributed by atoms with E-state index in [0.29, 0.717) is 18.2 Å². The summed E-state index contributed by atoms with van der Waals surface area (Å²) in [5.41, 5.74) is 0.326. The van der Waals surface area contributed by atoms with Gasteiger partial charge in [-0.05, 0) is 32.2 Å². The summed E-state index contributed by atoms with van der Waals surface area (Å²) >= 11 is 0. The lowest BCUT2D eigenvalue weighted by atomic mass is 9.89. The van der Waals surface area contributed by atoms with Gasteiger partial charge in [0.2, 0.25) is 0 Å². The molecule has 1 amide bonds. The molecule has 0 bridgehead atoms. The molecular weight excluding hydrogens is 254 g/mol. The molecule has 0 radical (unpaired) electrons. The minimum absolute atomic E-state index is 0.0145. The molecule has 1 saturated heterocycles. The number of hydrogen-bond donors (Lipinski definition) is 2. The maximum absolute atomic E-state index is 12.3. The molecule has 1 atom stereocenters. The first-order chi connectivity index (χ1) is 9.77. The van der Waals surface area contributed by atoms with E-state index in [2.05, 4.69) is 15.8 Å². The number of oxime groups is 1. The first-order valence-corrected chi connectivity index (χ1v) is 8.04. The fourth-order valence-corrected chi connectivity index (χ4v) is 3.50. The Balaban J connectivity index is 1.52. The number of nitrogens with zero attached hydrogens (tertiary/aromatic N) is 1. The van der Waals surface area contributed by atoms with Gasteiger partial charge in [0.05, 0.1) is 0 Å². The number of carbonyl (C=O) groups is 1. The van der Waals surface area contributed by atoms with Crippen molar-refractivity contribution in [3.63, 3.8) is 0 Å². The van der Waals surface area contributed by atoms with Gasteiger partial charge < -0.3 is 15.5 Å². The van der Waals surface area contributed by atoms with Gasteiger partial charge >= 0.3 is 0 Å². The zero-order valence-corrected chi connectivity index (χ0v) is 12.1. The number of piperidine rings is 1. The van der Waals surface area contributed by atoms with E-state index in [1.54, 1.807) is 0 Å². The van der Waals surface area contributed by atoms with E-state index in [-0.39, 0.29) is 11.5 Å². The van der Waals surface area contributed by atoms with Crippen molar-refractivity contribution in [2.24, 2.45) is 5.16 Å². The van der Waals surface area contributed by atoms with E-state index in [0.717, 1.165) is 38.8 Å². The molecule has 3 rings (SSSR count). The Kier molecular flexibility index (Phi) is 4.24. The Labute approximate surface area is 120 Å². The zero-order chi connectivity index (χ0) is 13.8. The van der Waals surface area contributed by atoms with Gasteiger partial charge in [0.1, 0.15) is 5.71 Å². The van der Waals surface area contributed by atoms with E-state index in [1.165, 1.54) is 25.7 Å². The smallest absolute Gasteiger partial charge is 0.269 e. The van der Waals surface area contributed by atoms with Crippen molar-refractivity contribution in [3.8, 4) is 0 Å². The fourth-order valence-electron chi connectivity index (χ4n) is 3.50. The van der Waals surface area contributed by atoms with Crippen LogP contribution in [0.25, 0.3) is 0 Å². The van der Waals surface area contributed by atoms with Crippen LogP contribution in [0, 0.1) is 0 Å². The van der Waals surface area contributed by atoms with Gasteiger partial charge in [-0.25, -0.2) is 0 Å². The average molecular weight is 279 g/mol. The number of rotatable bonds is 2. The van der Waals surface area contributed by atoms with Crippen LogP contribution in [-0.2, 0) is 9.63 Å². The first kappa shape index (κ1) is 13.9. The van der Waals surface area contributed by atoms with Crippen molar-refractivity contribution in [1.29, 1.82) is 0 Å². The summed E-state index contributed by atoms with van der Waals surface area (Å²) in [5.74, 6) is -0.0145. The van der Waals surface area contributed by atoms with Crippen LogP contribution in [0.4, 0.5) is 0 Å². The van der Waals surface area contributed by atoms with Gasteiger partial charge in [0, 0.05) is 19.0 Å². The van der Waals surface area contributed by atoms with Gasteiger partial charge in [0.25, 0.3) is 5.91 Å². The minimum atomic E-state index is -0.256. The lowest BCUT2D eigenvalue weighted by Gasteiger charge is -2.30. The van der Waals surface area contributed by atoms with Crippen molar-refractivity contribution in [2.45, 2.75) is 69.4 Å². The van der Waals surface area contributed by atoms with Crippen molar-refractivity contribution in [3.05, 3.63) is 0 Å². The third-order valence-electron chi connectivity index (χ3n) is 4.72. The number of hydrogen-bond acceptors (Lipinski definition) is 4. The SMILES string of the molecule is O=C(NC1CCCCCC1)C1=NOC2(CCCNC2)C1. The molecule has 1 saturated carbocycles. The Bertz CT molecular complexity index is 381. The van der Waals surface area contributed by atoms with Crippen LogP contribution in [0.5, 0.6) is 0 Å². The van der Waals surface area contributed by atoms with E-state index in [9.17, 15) is 4.79 Å². The molecule has 1 unspecified atom stereocenters. The highest BCUT2D eigenvalue weighted by molar-refractivity contribution is 6.39. The molecule has 0 aromatic heterocycles. The molecule has 1 aliphatic carbocycles. The van der Waals surface area contributed by atoms with E-state index >= 15 is 0 Å². The molecule has 20 heavy (non-hydrogen) atoms. The maximum Gasteiger partial charge on any atom is 0.269 e. The molecule has 2 heterocycles. The average Bonchev–Trinajstić information content (AvgIpc) is 2.70. The van der Waals surface area contributed by atoms with Crippen LogP contribution in [0.3, 0.4) is 0 Å². The Hall–Kier alpha value is -1.10. The number of nitrogens with one attached hydrogen (secondary N) is 2. The van der Waals surface area contributed by atoms with Crippen LogP contribution in [0.1, 0.15) is 57.8 Å². The third kappa shape index (κ3) is 3.14. The molecule has 2 N–H and O–H groups in total. The van der Waals surface area contributed by atoms with Crippen LogP contribution >= 0.6 is 0 Å². The molecular formula is C15H25N3O2. The standard InChI is InChI=1S/C15H25N3O2/c19-14(17-12-6-3-1-2-4-7-12)13-10-15(20-18-13)8-5-9-16-11-15/h12,16H,1-11H2,(H,17,19). The predicted octanol–water partition coefficient (Wildman–Crippen LogP) is 1.72. The molecule has 5 nitrogen and oxygen atoms in total. The Morgan fingerprint density at radius 2 is 2.05 bits per heavy atom. The highest BCUT2D eigenvalue weighted by atomic mass is 16.7. The predicted molar refractivity (Wildman–Crippen MR) is 77.6 cm³/mol. The summed E-state index contributed by atoms with van der Waals surface area (Å²) in [4.78, 5) is 17.9. The molecule has 112 valence electrons. The second-order valence-corrected chi connectivity index (χ2v) is 6.43. The van der Waals surface area contributed by atoms with Crippen LogP contribution < -0.4 is 10.6 Å². The van der Waals surface area contributed by atoms with Gasteiger partial charge in [-0.15, -0.1) is 0 Å². The second kappa shape index (κ2) is 6.12. The largest absolute Gasteiger partial charge is 0.387 e. The normalized spacial score (nSPS) is 31.5. The molecule has 1 spiro atoms. The lowest BCUT2D eigenvalue weighted by molar-refractivity contribution is -0.115. The van der Waals surface area contributed by atoms with Gasteiger partial charge in [-0.1, -0.05) is 30.8 Å². The minimum Gasteiger partial charge on any atom is -0.387 e.